The number of thiazole rings is 1. The second kappa shape index (κ2) is 10.3. The number of aryl methyl sites for hydroxylation is 1. The highest BCUT2D eigenvalue weighted by Gasteiger charge is 2.24. The van der Waals surface area contributed by atoms with Crippen LogP contribution in [0.25, 0.3) is 0 Å². The summed E-state index contributed by atoms with van der Waals surface area (Å²) in [5, 5.41) is 11.4. The van der Waals surface area contributed by atoms with Gasteiger partial charge in [-0.05, 0) is 24.1 Å². The standard InChI is InChI=1S/C23H20N2O4S/c1-16-15-30-23(25-16)19(12-24)20(26)13-29-22(27)14-28-21-10-6-5-9-18(21)11-17-7-3-2-4-8-17/h2-10,15,19H,11,13-14H2,1H3/t19-/m0/s1. The van der Waals surface area contributed by atoms with Crippen molar-refractivity contribution in [2.24, 2.45) is 0 Å². The van der Waals surface area contributed by atoms with Gasteiger partial charge in [0.25, 0.3) is 0 Å². The Bertz CT molecular complexity index is 1060. The topological polar surface area (TPSA) is 89.3 Å². The molecular weight excluding hydrogens is 400 g/mol. The molecule has 6 nitrogen and oxygen atoms in total. The van der Waals surface area contributed by atoms with Crippen molar-refractivity contribution < 1.29 is 19.1 Å². The van der Waals surface area contributed by atoms with Crippen molar-refractivity contribution in [1.82, 2.24) is 4.98 Å². The van der Waals surface area contributed by atoms with E-state index in [0.717, 1.165) is 16.8 Å². The first-order chi connectivity index (χ1) is 14.6. The van der Waals surface area contributed by atoms with Crippen molar-refractivity contribution in [3.05, 3.63) is 81.8 Å². The Morgan fingerprint density at radius 2 is 1.83 bits per heavy atom. The number of nitriles is 1. The minimum atomic E-state index is -1.04. The maximum absolute atomic E-state index is 12.2. The monoisotopic (exact) mass is 420 g/mol. The van der Waals surface area contributed by atoms with Gasteiger partial charge < -0.3 is 9.47 Å². The van der Waals surface area contributed by atoms with E-state index in [1.807, 2.05) is 54.6 Å². The molecule has 0 amide bonds. The molecule has 0 aliphatic heterocycles. The number of nitrogens with zero attached hydrogens (tertiary/aromatic N) is 2. The van der Waals surface area contributed by atoms with Gasteiger partial charge in [-0.3, -0.25) is 4.79 Å². The van der Waals surface area contributed by atoms with Gasteiger partial charge in [-0.1, -0.05) is 48.5 Å². The van der Waals surface area contributed by atoms with Crippen molar-refractivity contribution in [2.75, 3.05) is 13.2 Å². The third-order valence-corrected chi connectivity index (χ3v) is 5.29. The summed E-state index contributed by atoms with van der Waals surface area (Å²) in [5.74, 6) is -1.64. The molecule has 152 valence electrons. The average Bonchev–Trinajstić information content (AvgIpc) is 3.18. The molecule has 1 atom stereocenters. The number of carbonyl (C=O) groups is 2. The Morgan fingerprint density at radius 1 is 1.10 bits per heavy atom. The predicted molar refractivity (Wildman–Crippen MR) is 112 cm³/mol. The smallest absolute Gasteiger partial charge is 0.344 e. The maximum Gasteiger partial charge on any atom is 0.344 e. The summed E-state index contributed by atoms with van der Waals surface area (Å²) >= 11 is 1.23. The molecule has 3 aromatic rings. The number of carbonyl (C=O) groups excluding carboxylic acids is 2. The van der Waals surface area contributed by atoms with Crippen molar-refractivity contribution in [1.29, 1.82) is 5.26 Å². The number of ether oxygens (including phenoxy) is 2. The number of hydrogen-bond donors (Lipinski definition) is 0. The first-order valence-corrected chi connectivity index (χ1v) is 10.2. The van der Waals surface area contributed by atoms with Crippen LogP contribution in [0.4, 0.5) is 0 Å². The van der Waals surface area contributed by atoms with Gasteiger partial charge in [0, 0.05) is 17.5 Å². The van der Waals surface area contributed by atoms with Gasteiger partial charge in [0.2, 0.25) is 0 Å². The fraction of sp³-hybridized carbons (Fsp3) is 0.217. The molecule has 1 aromatic heterocycles. The molecule has 0 aliphatic rings. The van der Waals surface area contributed by atoms with Gasteiger partial charge in [0.05, 0.1) is 6.07 Å². The van der Waals surface area contributed by atoms with Gasteiger partial charge in [-0.2, -0.15) is 5.26 Å². The number of esters is 1. The molecule has 0 saturated heterocycles. The minimum absolute atomic E-state index is 0.327. The number of benzene rings is 2. The van der Waals surface area contributed by atoms with E-state index in [-0.39, 0.29) is 6.61 Å². The van der Waals surface area contributed by atoms with Crippen LogP contribution in [0.1, 0.15) is 27.7 Å². The number of ketones is 1. The van der Waals surface area contributed by atoms with Crippen LogP contribution in [0, 0.1) is 18.3 Å². The zero-order valence-electron chi connectivity index (χ0n) is 16.4. The van der Waals surface area contributed by atoms with Crippen LogP contribution >= 0.6 is 11.3 Å². The van der Waals surface area contributed by atoms with Gasteiger partial charge in [0.1, 0.15) is 10.8 Å². The third kappa shape index (κ3) is 5.75. The number of aromatic nitrogens is 1. The zero-order valence-corrected chi connectivity index (χ0v) is 17.2. The normalized spacial score (nSPS) is 11.3. The fourth-order valence-electron chi connectivity index (χ4n) is 2.79. The molecule has 1 heterocycles. The summed E-state index contributed by atoms with van der Waals surface area (Å²) in [5.41, 5.74) is 2.81. The molecule has 0 aliphatic carbocycles. The molecule has 7 heteroatoms. The van der Waals surface area contributed by atoms with Crippen LogP contribution in [-0.2, 0) is 20.7 Å². The first kappa shape index (κ1) is 21.2. The number of Topliss-reactive ketones (excluding diaryl/α,β-unsaturated/α-hetero) is 1. The van der Waals surface area contributed by atoms with E-state index in [2.05, 4.69) is 4.98 Å². The summed E-state index contributed by atoms with van der Waals surface area (Å²) in [6, 6.07) is 19.3. The average molecular weight is 420 g/mol. The second-order valence-corrected chi connectivity index (χ2v) is 7.46. The van der Waals surface area contributed by atoms with Gasteiger partial charge in [-0.15, -0.1) is 11.3 Å². The first-order valence-electron chi connectivity index (χ1n) is 9.31. The molecule has 0 N–H and O–H groups in total. The highest BCUT2D eigenvalue weighted by atomic mass is 32.1. The van der Waals surface area contributed by atoms with Gasteiger partial charge >= 0.3 is 5.97 Å². The molecule has 0 unspecified atom stereocenters. The molecule has 0 radical (unpaired) electrons. The third-order valence-electron chi connectivity index (χ3n) is 4.27. The Labute approximate surface area is 178 Å². The number of hydrogen-bond acceptors (Lipinski definition) is 7. The van der Waals surface area contributed by atoms with Gasteiger partial charge in [-0.25, -0.2) is 9.78 Å². The summed E-state index contributed by atoms with van der Waals surface area (Å²) < 4.78 is 10.6. The van der Waals surface area contributed by atoms with Crippen LogP contribution in [0.2, 0.25) is 0 Å². The summed E-state index contributed by atoms with van der Waals surface area (Å²) in [6.45, 7) is 0.962. The molecule has 2 aromatic carbocycles. The van der Waals surface area contributed by atoms with Crippen LogP contribution in [-0.4, -0.2) is 30.0 Å². The van der Waals surface area contributed by atoms with E-state index in [1.165, 1.54) is 11.3 Å². The molecule has 30 heavy (non-hydrogen) atoms. The van der Waals surface area contributed by atoms with Crippen molar-refractivity contribution in [3.63, 3.8) is 0 Å². The van der Waals surface area contributed by atoms with E-state index in [0.29, 0.717) is 17.2 Å². The molecule has 0 bridgehead atoms. The van der Waals surface area contributed by atoms with E-state index in [9.17, 15) is 14.9 Å². The van der Waals surface area contributed by atoms with E-state index in [1.54, 1.807) is 18.4 Å². The summed E-state index contributed by atoms with van der Waals surface area (Å²) in [7, 11) is 0. The lowest BCUT2D eigenvalue weighted by Gasteiger charge is -2.12. The SMILES string of the molecule is Cc1csc([C@@H](C#N)C(=O)COC(=O)COc2ccccc2Cc2ccccc2)n1. The molecule has 3 rings (SSSR count). The maximum atomic E-state index is 12.2. The van der Waals surface area contributed by atoms with Crippen LogP contribution in [0.3, 0.4) is 0 Å². The zero-order chi connectivity index (χ0) is 21.3. The van der Waals surface area contributed by atoms with Crippen molar-refractivity contribution >= 4 is 23.1 Å². The Hall–Kier alpha value is -3.50. The molecular formula is C23H20N2O4S. The van der Waals surface area contributed by atoms with E-state index in [4.69, 9.17) is 9.47 Å². The second-order valence-electron chi connectivity index (χ2n) is 6.58. The predicted octanol–water partition coefficient (Wildman–Crippen LogP) is 3.84. The van der Waals surface area contributed by atoms with E-state index >= 15 is 0 Å². The summed E-state index contributed by atoms with van der Waals surface area (Å²) in [4.78, 5) is 28.5. The van der Waals surface area contributed by atoms with Gasteiger partial charge in [0.15, 0.2) is 24.9 Å². The summed E-state index contributed by atoms with van der Waals surface area (Å²) in [6.07, 6.45) is 0.668. The quantitative estimate of drug-likeness (QED) is 0.489. The van der Waals surface area contributed by atoms with Crippen LogP contribution in [0.15, 0.2) is 60.0 Å². The Morgan fingerprint density at radius 3 is 2.53 bits per heavy atom. The van der Waals surface area contributed by atoms with E-state index < -0.39 is 24.3 Å². The Kier molecular flexibility index (Phi) is 7.30. The van der Waals surface area contributed by atoms with Crippen LogP contribution < -0.4 is 4.74 Å². The lowest BCUT2D eigenvalue weighted by atomic mass is 10.0. The molecule has 0 spiro atoms. The number of rotatable bonds is 9. The fourth-order valence-corrected chi connectivity index (χ4v) is 3.65. The highest BCUT2D eigenvalue weighted by Crippen LogP contribution is 2.22. The van der Waals surface area contributed by atoms with Crippen molar-refractivity contribution in [3.8, 4) is 11.8 Å². The highest BCUT2D eigenvalue weighted by molar-refractivity contribution is 7.09. The largest absolute Gasteiger partial charge is 0.482 e. The lowest BCUT2D eigenvalue weighted by molar-refractivity contribution is -0.150. The molecule has 0 saturated carbocycles. The van der Waals surface area contributed by atoms with Crippen LogP contribution in [0.5, 0.6) is 5.75 Å². The lowest BCUT2D eigenvalue weighted by Crippen LogP contribution is -2.23. The number of para-hydroxylation sites is 1. The molecule has 0 fully saturated rings. The Balaban J connectivity index is 1.53. The van der Waals surface area contributed by atoms with Crippen molar-refractivity contribution in [2.45, 2.75) is 19.3 Å². The minimum Gasteiger partial charge on any atom is -0.482 e.